The molecule has 1 saturated heterocycles. The molecule has 0 bridgehead atoms. The first-order valence-corrected chi connectivity index (χ1v) is 10.0. The number of hydrogen-bond donors (Lipinski definition) is 1. The Bertz CT molecular complexity index is 672. The zero-order chi connectivity index (χ0) is 17.2. The number of hydrogen-bond acceptors (Lipinski definition) is 4. The van der Waals surface area contributed by atoms with E-state index in [0.717, 1.165) is 12.7 Å². The molecule has 1 aromatic carbocycles. The molecule has 1 amide bonds. The lowest BCUT2D eigenvalue weighted by Crippen LogP contribution is -2.46. The highest BCUT2D eigenvalue weighted by molar-refractivity contribution is 7.90. The standard InChI is InChI=1S/C17H26N2O3S/c1-12-6-4-5-7-15(12)14-10-13(2)19(11-14)17(20)16(18)8-9-23(3,21)22/h4-7,13-14,16H,8-11,18H2,1-3H3/t13-,14+,16+/m0/s1. The predicted octanol–water partition coefficient (Wildman–Crippen LogP) is 1.46. The fourth-order valence-electron chi connectivity index (χ4n) is 3.29. The quantitative estimate of drug-likeness (QED) is 0.881. The van der Waals surface area contributed by atoms with Crippen LogP contribution in [0, 0.1) is 6.92 Å². The summed E-state index contributed by atoms with van der Waals surface area (Å²) in [5.41, 5.74) is 8.44. The third-order valence-corrected chi connectivity index (χ3v) is 5.58. The van der Waals surface area contributed by atoms with Crippen LogP contribution in [-0.2, 0) is 14.6 Å². The van der Waals surface area contributed by atoms with E-state index in [9.17, 15) is 13.2 Å². The van der Waals surface area contributed by atoms with Crippen molar-refractivity contribution in [2.45, 2.75) is 44.7 Å². The topological polar surface area (TPSA) is 80.5 Å². The highest BCUT2D eigenvalue weighted by Gasteiger charge is 2.35. The van der Waals surface area contributed by atoms with Gasteiger partial charge in [0.15, 0.2) is 0 Å². The van der Waals surface area contributed by atoms with E-state index < -0.39 is 15.9 Å². The summed E-state index contributed by atoms with van der Waals surface area (Å²) >= 11 is 0. The maximum atomic E-state index is 12.5. The first-order chi connectivity index (χ1) is 10.7. The van der Waals surface area contributed by atoms with Crippen LogP contribution in [0.5, 0.6) is 0 Å². The fraction of sp³-hybridized carbons (Fsp3) is 0.588. The van der Waals surface area contributed by atoms with Crippen LogP contribution in [-0.4, -0.2) is 49.9 Å². The van der Waals surface area contributed by atoms with Crippen molar-refractivity contribution in [3.05, 3.63) is 35.4 Å². The zero-order valence-corrected chi connectivity index (χ0v) is 14.8. The van der Waals surface area contributed by atoms with Crippen molar-refractivity contribution < 1.29 is 13.2 Å². The number of carbonyl (C=O) groups excluding carboxylic acids is 1. The molecule has 1 aliphatic rings. The van der Waals surface area contributed by atoms with Crippen molar-refractivity contribution >= 4 is 15.7 Å². The zero-order valence-electron chi connectivity index (χ0n) is 14.0. The Morgan fingerprint density at radius 1 is 1.39 bits per heavy atom. The number of nitrogens with zero attached hydrogens (tertiary/aromatic N) is 1. The lowest BCUT2D eigenvalue weighted by Gasteiger charge is -2.25. The largest absolute Gasteiger partial charge is 0.338 e. The Morgan fingerprint density at radius 2 is 2.04 bits per heavy atom. The number of aryl methyl sites for hydroxylation is 1. The molecule has 6 heteroatoms. The van der Waals surface area contributed by atoms with Gasteiger partial charge in [0.05, 0.1) is 11.8 Å². The molecule has 128 valence electrons. The Labute approximate surface area is 138 Å². The summed E-state index contributed by atoms with van der Waals surface area (Å²) in [4.78, 5) is 14.4. The van der Waals surface area contributed by atoms with E-state index in [4.69, 9.17) is 5.73 Å². The minimum Gasteiger partial charge on any atom is -0.338 e. The Kier molecular flexibility index (Phi) is 5.47. The SMILES string of the molecule is Cc1ccccc1[C@@H]1C[C@H](C)N(C(=O)[C@H](N)CCS(C)(=O)=O)C1. The maximum absolute atomic E-state index is 12.5. The van der Waals surface area contributed by atoms with Crippen LogP contribution in [0.1, 0.15) is 36.8 Å². The second-order valence-corrected chi connectivity index (χ2v) is 8.91. The van der Waals surface area contributed by atoms with E-state index in [-0.39, 0.29) is 24.1 Å². The van der Waals surface area contributed by atoms with Crippen LogP contribution in [0.15, 0.2) is 24.3 Å². The van der Waals surface area contributed by atoms with Crippen molar-refractivity contribution in [3.63, 3.8) is 0 Å². The predicted molar refractivity (Wildman–Crippen MR) is 92.0 cm³/mol. The summed E-state index contributed by atoms with van der Waals surface area (Å²) in [5, 5.41) is 0. The monoisotopic (exact) mass is 338 g/mol. The summed E-state index contributed by atoms with van der Waals surface area (Å²) < 4.78 is 22.5. The highest BCUT2D eigenvalue weighted by Crippen LogP contribution is 2.33. The molecule has 2 rings (SSSR count). The van der Waals surface area contributed by atoms with Crippen molar-refractivity contribution in [3.8, 4) is 0 Å². The van der Waals surface area contributed by atoms with Gasteiger partial charge < -0.3 is 10.6 Å². The number of carbonyl (C=O) groups is 1. The molecule has 1 heterocycles. The van der Waals surface area contributed by atoms with Crippen molar-refractivity contribution in [1.29, 1.82) is 0 Å². The number of amides is 1. The summed E-state index contributed by atoms with van der Waals surface area (Å²) in [6.45, 7) is 4.76. The fourth-order valence-corrected chi connectivity index (χ4v) is 3.97. The molecule has 1 aliphatic heterocycles. The molecule has 0 aliphatic carbocycles. The molecule has 1 aromatic rings. The highest BCUT2D eigenvalue weighted by atomic mass is 32.2. The molecule has 0 saturated carbocycles. The Morgan fingerprint density at radius 3 is 2.65 bits per heavy atom. The van der Waals surface area contributed by atoms with Crippen molar-refractivity contribution in [1.82, 2.24) is 4.90 Å². The van der Waals surface area contributed by atoms with E-state index in [1.54, 1.807) is 0 Å². The van der Waals surface area contributed by atoms with Crippen LogP contribution < -0.4 is 5.73 Å². The van der Waals surface area contributed by atoms with Gasteiger partial charge >= 0.3 is 0 Å². The molecule has 23 heavy (non-hydrogen) atoms. The second-order valence-electron chi connectivity index (χ2n) is 6.65. The number of rotatable bonds is 5. The van der Waals surface area contributed by atoms with Crippen molar-refractivity contribution in [2.24, 2.45) is 5.73 Å². The van der Waals surface area contributed by atoms with Crippen LogP contribution in [0.25, 0.3) is 0 Å². The van der Waals surface area contributed by atoms with Gasteiger partial charge in [0.25, 0.3) is 0 Å². The number of nitrogens with two attached hydrogens (primary N) is 1. The molecule has 0 unspecified atom stereocenters. The van der Waals surface area contributed by atoms with Crippen molar-refractivity contribution in [2.75, 3.05) is 18.6 Å². The average molecular weight is 338 g/mol. The first-order valence-electron chi connectivity index (χ1n) is 7.98. The van der Waals surface area contributed by atoms with E-state index in [0.29, 0.717) is 12.5 Å². The molecule has 5 nitrogen and oxygen atoms in total. The van der Waals surface area contributed by atoms with E-state index >= 15 is 0 Å². The summed E-state index contributed by atoms with van der Waals surface area (Å²) in [6, 6.07) is 7.61. The molecule has 3 atom stereocenters. The third-order valence-electron chi connectivity index (χ3n) is 4.60. The van der Waals surface area contributed by atoms with Gasteiger partial charge in [0, 0.05) is 24.8 Å². The smallest absolute Gasteiger partial charge is 0.239 e. The van der Waals surface area contributed by atoms with Gasteiger partial charge in [-0.05, 0) is 37.8 Å². The first kappa shape index (κ1) is 17.9. The van der Waals surface area contributed by atoms with Crippen LogP contribution in [0.4, 0.5) is 0 Å². The molecule has 0 spiro atoms. The Hall–Kier alpha value is -1.40. The lowest BCUT2D eigenvalue weighted by molar-refractivity contribution is -0.133. The van der Waals surface area contributed by atoms with Crippen LogP contribution in [0.2, 0.25) is 0 Å². The number of sulfone groups is 1. The van der Waals surface area contributed by atoms with Gasteiger partial charge in [-0.1, -0.05) is 24.3 Å². The molecular formula is C17H26N2O3S. The Balaban J connectivity index is 2.03. The second kappa shape index (κ2) is 7.01. The average Bonchev–Trinajstić information content (AvgIpc) is 2.85. The molecule has 2 N–H and O–H groups in total. The molecular weight excluding hydrogens is 312 g/mol. The number of likely N-dealkylation sites (tertiary alicyclic amines) is 1. The summed E-state index contributed by atoms with van der Waals surface area (Å²) in [7, 11) is -3.10. The maximum Gasteiger partial charge on any atom is 0.239 e. The molecule has 0 radical (unpaired) electrons. The normalized spacial score (nSPS) is 23.0. The minimum absolute atomic E-state index is 0.0522. The third kappa shape index (κ3) is 4.54. The van der Waals surface area contributed by atoms with Gasteiger partial charge in [-0.2, -0.15) is 0 Å². The minimum atomic E-state index is -3.10. The summed E-state index contributed by atoms with van der Waals surface area (Å²) in [6.07, 6.45) is 2.25. The van der Waals surface area contributed by atoms with Gasteiger partial charge in [0.1, 0.15) is 9.84 Å². The molecule has 0 aromatic heterocycles. The van der Waals surface area contributed by atoms with Crippen LogP contribution in [0.3, 0.4) is 0 Å². The lowest BCUT2D eigenvalue weighted by atomic mass is 9.93. The number of benzene rings is 1. The van der Waals surface area contributed by atoms with E-state index in [1.165, 1.54) is 11.1 Å². The van der Waals surface area contributed by atoms with E-state index in [2.05, 4.69) is 19.1 Å². The molecule has 1 fully saturated rings. The summed E-state index contributed by atoms with van der Waals surface area (Å²) in [5.74, 6) is 0.123. The van der Waals surface area contributed by atoms with Gasteiger partial charge in [-0.15, -0.1) is 0 Å². The van der Waals surface area contributed by atoms with Gasteiger partial charge in [0.2, 0.25) is 5.91 Å². The van der Waals surface area contributed by atoms with Gasteiger partial charge in [-0.3, -0.25) is 4.79 Å². The van der Waals surface area contributed by atoms with Crippen LogP contribution >= 0.6 is 0 Å². The van der Waals surface area contributed by atoms with E-state index in [1.807, 2.05) is 24.0 Å². The van der Waals surface area contributed by atoms with Gasteiger partial charge in [-0.25, -0.2) is 8.42 Å².